The average molecular weight is 359 g/mol. The number of carbonyl (C=O) groups excluding carboxylic acids is 1. The number of fused-ring (bicyclic) bond motifs is 1. The molecule has 2 unspecified atom stereocenters. The molecule has 1 aliphatic heterocycles. The number of para-hydroxylation sites is 1. The maximum Gasteiger partial charge on any atom is 0.405 e. The smallest absolute Gasteiger partial charge is 0.330 e. The Kier molecular flexibility index (Phi) is 4.15. The average Bonchev–Trinajstić information content (AvgIpc) is 3.01. The van der Waals surface area contributed by atoms with Crippen molar-refractivity contribution in [3.05, 3.63) is 39.4 Å². The first-order valence-electron chi connectivity index (χ1n) is 6.90. The van der Waals surface area contributed by atoms with E-state index >= 15 is 0 Å². The van der Waals surface area contributed by atoms with Crippen molar-refractivity contribution in [1.29, 1.82) is 0 Å². The molecule has 128 valence electrons. The van der Waals surface area contributed by atoms with Crippen molar-refractivity contribution < 1.29 is 18.0 Å². The SMILES string of the molecule is O=C(Nn1c(=S)[nH]c2ccccc2c1=O)C1CC(C(F)(F)F)NN1. The van der Waals surface area contributed by atoms with Crippen LogP contribution in [-0.4, -0.2) is 33.8 Å². The summed E-state index contributed by atoms with van der Waals surface area (Å²) in [5, 5.41) is 0.289. The third-order valence-electron chi connectivity index (χ3n) is 3.64. The zero-order valence-corrected chi connectivity index (χ0v) is 12.8. The predicted molar refractivity (Wildman–Crippen MR) is 82.3 cm³/mol. The van der Waals surface area contributed by atoms with E-state index in [-0.39, 0.29) is 10.2 Å². The van der Waals surface area contributed by atoms with E-state index in [1.807, 2.05) is 5.43 Å². The molecule has 2 aromatic rings. The topological polar surface area (TPSA) is 91.0 Å². The third kappa shape index (κ3) is 3.05. The van der Waals surface area contributed by atoms with Crippen molar-refractivity contribution in [3.8, 4) is 0 Å². The van der Waals surface area contributed by atoms with E-state index in [2.05, 4.69) is 15.8 Å². The van der Waals surface area contributed by atoms with Crippen LogP contribution < -0.4 is 21.8 Å². The van der Waals surface area contributed by atoms with Gasteiger partial charge in [-0.05, 0) is 30.8 Å². The largest absolute Gasteiger partial charge is 0.405 e. The van der Waals surface area contributed by atoms with E-state index < -0.39 is 36.1 Å². The van der Waals surface area contributed by atoms with Crippen LogP contribution in [0.2, 0.25) is 0 Å². The van der Waals surface area contributed by atoms with Crippen LogP contribution in [0.3, 0.4) is 0 Å². The van der Waals surface area contributed by atoms with Crippen molar-refractivity contribution in [3.63, 3.8) is 0 Å². The summed E-state index contributed by atoms with van der Waals surface area (Å²) in [4.78, 5) is 27.3. The zero-order chi connectivity index (χ0) is 17.5. The Morgan fingerprint density at radius 3 is 2.67 bits per heavy atom. The number of nitrogens with zero attached hydrogens (tertiary/aromatic N) is 1. The molecule has 3 rings (SSSR count). The fourth-order valence-electron chi connectivity index (χ4n) is 2.39. The van der Waals surface area contributed by atoms with Crippen LogP contribution in [0.15, 0.2) is 29.1 Å². The van der Waals surface area contributed by atoms with E-state index in [4.69, 9.17) is 12.2 Å². The summed E-state index contributed by atoms with van der Waals surface area (Å²) in [5.74, 6) is -0.800. The molecule has 0 saturated carbocycles. The molecule has 1 fully saturated rings. The van der Waals surface area contributed by atoms with E-state index in [0.29, 0.717) is 5.52 Å². The van der Waals surface area contributed by atoms with Gasteiger partial charge in [0.25, 0.3) is 11.5 Å². The number of aromatic nitrogens is 2. The molecule has 4 N–H and O–H groups in total. The van der Waals surface area contributed by atoms with Crippen molar-refractivity contribution in [2.45, 2.75) is 24.7 Å². The normalized spacial score (nSPS) is 21.1. The molecular formula is C13H12F3N5O2S. The van der Waals surface area contributed by atoms with E-state index in [1.54, 1.807) is 24.3 Å². The molecule has 1 saturated heterocycles. The fourth-order valence-corrected chi connectivity index (χ4v) is 2.63. The minimum atomic E-state index is -4.47. The van der Waals surface area contributed by atoms with Crippen LogP contribution in [0.1, 0.15) is 6.42 Å². The van der Waals surface area contributed by atoms with Crippen LogP contribution in [0, 0.1) is 4.77 Å². The van der Waals surface area contributed by atoms with Crippen molar-refractivity contribution in [2.75, 3.05) is 5.43 Å². The Balaban J connectivity index is 1.84. The molecule has 7 nitrogen and oxygen atoms in total. The van der Waals surface area contributed by atoms with Crippen LogP contribution in [-0.2, 0) is 4.79 Å². The highest BCUT2D eigenvalue weighted by atomic mass is 32.1. The Morgan fingerprint density at radius 2 is 2.00 bits per heavy atom. The van der Waals surface area contributed by atoms with Gasteiger partial charge in [0.05, 0.1) is 10.9 Å². The van der Waals surface area contributed by atoms with E-state index in [1.165, 1.54) is 0 Å². The minimum absolute atomic E-state index is 0.0645. The number of benzene rings is 1. The van der Waals surface area contributed by atoms with E-state index in [9.17, 15) is 22.8 Å². The van der Waals surface area contributed by atoms with Gasteiger partial charge >= 0.3 is 6.18 Å². The standard InChI is InChI=1S/C13H12F3N5O2S/c14-13(15,16)9-5-8(18-19-9)10(22)20-21-11(23)6-3-1-2-4-7(6)17-12(21)24/h1-4,8-9,18-19H,5H2,(H,17,24)(H,20,22). The lowest BCUT2D eigenvalue weighted by Gasteiger charge is -2.14. The summed E-state index contributed by atoms with van der Waals surface area (Å²) >= 11 is 5.02. The summed E-state index contributed by atoms with van der Waals surface area (Å²) in [6, 6.07) is 3.56. The van der Waals surface area contributed by atoms with Crippen LogP contribution in [0.4, 0.5) is 13.2 Å². The predicted octanol–water partition coefficient (Wildman–Crippen LogP) is 0.927. The Labute approximate surface area is 137 Å². The molecule has 0 bridgehead atoms. The summed E-state index contributed by atoms with van der Waals surface area (Å²) in [7, 11) is 0. The summed E-state index contributed by atoms with van der Waals surface area (Å²) in [6.07, 6.45) is -4.97. The lowest BCUT2D eigenvalue weighted by Crippen LogP contribution is -2.45. The Hall–Kier alpha value is -2.24. The fraction of sp³-hybridized carbons (Fsp3) is 0.308. The maximum absolute atomic E-state index is 12.6. The van der Waals surface area contributed by atoms with Gasteiger partial charge in [0.2, 0.25) is 0 Å². The number of hydrazine groups is 1. The molecule has 0 radical (unpaired) electrons. The number of hydrogen-bond donors (Lipinski definition) is 4. The highest BCUT2D eigenvalue weighted by Gasteiger charge is 2.46. The second-order valence-electron chi connectivity index (χ2n) is 5.26. The minimum Gasteiger partial charge on any atom is -0.330 e. The van der Waals surface area contributed by atoms with Crippen LogP contribution >= 0.6 is 12.2 Å². The summed E-state index contributed by atoms with van der Waals surface area (Å²) in [6.45, 7) is 0. The van der Waals surface area contributed by atoms with Gasteiger partial charge in [0.15, 0.2) is 4.77 Å². The Bertz CT molecular complexity index is 907. The third-order valence-corrected chi connectivity index (χ3v) is 3.93. The first kappa shape index (κ1) is 16.6. The second-order valence-corrected chi connectivity index (χ2v) is 5.65. The van der Waals surface area contributed by atoms with Crippen molar-refractivity contribution >= 4 is 29.0 Å². The summed E-state index contributed by atoms with van der Waals surface area (Å²) < 4.78 is 38.6. The van der Waals surface area contributed by atoms with Gasteiger partial charge in [-0.2, -0.15) is 17.8 Å². The number of carbonyl (C=O) groups is 1. The van der Waals surface area contributed by atoms with Crippen molar-refractivity contribution in [2.24, 2.45) is 0 Å². The number of H-pyrrole nitrogens is 1. The van der Waals surface area contributed by atoms with Gasteiger partial charge in [0.1, 0.15) is 12.1 Å². The number of amides is 1. The molecule has 2 heterocycles. The molecule has 2 atom stereocenters. The lowest BCUT2D eigenvalue weighted by molar-refractivity contribution is -0.153. The molecule has 1 aliphatic rings. The molecule has 11 heteroatoms. The number of aromatic amines is 1. The summed E-state index contributed by atoms with van der Waals surface area (Å²) in [5.41, 5.74) is 6.45. The number of halogens is 3. The first-order valence-corrected chi connectivity index (χ1v) is 7.31. The zero-order valence-electron chi connectivity index (χ0n) is 12.0. The number of nitrogens with one attached hydrogen (secondary N) is 4. The molecule has 0 spiro atoms. The molecule has 1 amide bonds. The Morgan fingerprint density at radius 1 is 1.29 bits per heavy atom. The number of alkyl halides is 3. The van der Waals surface area contributed by atoms with Crippen LogP contribution in [0.25, 0.3) is 10.9 Å². The lowest BCUT2D eigenvalue weighted by atomic mass is 10.1. The van der Waals surface area contributed by atoms with E-state index in [0.717, 1.165) is 4.68 Å². The number of rotatable bonds is 2. The quantitative estimate of drug-likeness (QED) is 0.599. The number of hydrogen-bond acceptors (Lipinski definition) is 5. The van der Waals surface area contributed by atoms with Gasteiger partial charge in [-0.3, -0.25) is 15.0 Å². The second kappa shape index (κ2) is 6.00. The van der Waals surface area contributed by atoms with Gasteiger partial charge in [-0.25, -0.2) is 10.9 Å². The molecule has 1 aromatic heterocycles. The molecule has 1 aromatic carbocycles. The first-order chi connectivity index (χ1) is 11.3. The molecule has 24 heavy (non-hydrogen) atoms. The van der Waals surface area contributed by atoms with Gasteiger partial charge < -0.3 is 4.98 Å². The van der Waals surface area contributed by atoms with Gasteiger partial charge in [-0.15, -0.1) is 0 Å². The van der Waals surface area contributed by atoms with Gasteiger partial charge in [-0.1, -0.05) is 12.1 Å². The van der Waals surface area contributed by atoms with Crippen molar-refractivity contribution in [1.82, 2.24) is 20.5 Å². The van der Waals surface area contributed by atoms with Gasteiger partial charge in [0, 0.05) is 0 Å². The van der Waals surface area contributed by atoms with Crippen LogP contribution in [0.5, 0.6) is 0 Å². The monoisotopic (exact) mass is 359 g/mol. The maximum atomic E-state index is 12.6. The highest BCUT2D eigenvalue weighted by Crippen LogP contribution is 2.25. The molecule has 0 aliphatic carbocycles. The highest BCUT2D eigenvalue weighted by molar-refractivity contribution is 7.71. The molecular weight excluding hydrogens is 347 g/mol.